The molecule has 0 radical (unpaired) electrons. The van der Waals surface area contributed by atoms with Gasteiger partial charge in [0.1, 0.15) is 0 Å². The predicted molar refractivity (Wildman–Crippen MR) is 86.6 cm³/mol. The van der Waals surface area contributed by atoms with Crippen LogP contribution in [-0.4, -0.2) is 32.9 Å². The lowest BCUT2D eigenvalue weighted by atomic mass is 10.1. The number of nitrogens with one attached hydrogen (secondary N) is 2. The first-order valence-electron chi connectivity index (χ1n) is 6.35. The maximum absolute atomic E-state index is 11.4. The van der Waals surface area contributed by atoms with Crippen molar-refractivity contribution in [1.82, 2.24) is 14.9 Å². The molecule has 1 aliphatic rings. The van der Waals surface area contributed by atoms with E-state index in [1.165, 1.54) is 6.07 Å². The summed E-state index contributed by atoms with van der Waals surface area (Å²) in [6.07, 6.45) is 3.98. The van der Waals surface area contributed by atoms with Crippen LogP contribution in [0.25, 0.3) is 11.0 Å². The fourth-order valence-electron chi connectivity index (χ4n) is 2.39. The number of benzene rings is 1. The predicted octanol–water partition coefficient (Wildman–Crippen LogP) is 1.07. The number of rotatable bonds is 3. The van der Waals surface area contributed by atoms with Crippen molar-refractivity contribution in [2.75, 3.05) is 13.1 Å². The van der Waals surface area contributed by atoms with E-state index in [0.29, 0.717) is 17.6 Å². The summed E-state index contributed by atoms with van der Waals surface area (Å²) < 4.78 is 0. The quantitative estimate of drug-likeness (QED) is 0.364. The molecule has 1 aromatic carbocycles. The van der Waals surface area contributed by atoms with E-state index in [-0.39, 0.29) is 28.2 Å². The zero-order valence-corrected chi connectivity index (χ0v) is 13.1. The zero-order valence-electron chi connectivity index (χ0n) is 11.4. The van der Waals surface area contributed by atoms with Crippen LogP contribution >= 0.6 is 17.0 Å². The molecule has 0 saturated carbocycles. The molecule has 0 bridgehead atoms. The number of aromatic amines is 2. The van der Waals surface area contributed by atoms with Crippen molar-refractivity contribution < 1.29 is 4.92 Å². The minimum Gasteiger partial charge on any atom is -0.316 e. The fourth-order valence-corrected chi connectivity index (χ4v) is 2.39. The maximum Gasteiger partial charge on any atom is 0.314 e. The van der Waals surface area contributed by atoms with Crippen molar-refractivity contribution in [3.05, 3.63) is 60.7 Å². The number of halogens is 1. The SMILES string of the molecule is Br.O=c1[nH]c2cc(CN3CC=CC3)c([N+](=O)[O-])cc2[nH]c1=O. The first-order valence-corrected chi connectivity index (χ1v) is 6.35. The molecule has 1 aromatic heterocycles. The molecule has 3 rings (SSSR count). The van der Waals surface area contributed by atoms with Gasteiger partial charge in [0.15, 0.2) is 0 Å². The third-order valence-electron chi connectivity index (χ3n) is 3.41. The summed E-state index contributed by atoms with van der Waals surface area (Å²) in [5, 5.41) is 11.2. The van der Waals surface area contributed by atoms with Crippen molar-refractivity contribution in [2.45, 2.75) is 6.54 Å². The minimum absolute atomic E-state index is 0. The Morgan fingerprint density at radius 1 is 1.09 bits per heavy atom. The van der Waals surface area contributed by atoms with Crippen LogP contribution in [0.15, 0.2) is 33.9 Å². The van der Waals surface area contributed by atoms with Crippen molar-refractivity contribution >= 4 is 33.7 Å². The second kappa shape index (κ2) is 6.24. The summed E-state index contributed by atoms with van der Waals surface area (Å²) in [4.78, 5) is 40.2. The first kappa shape index (κ1) is 16.1. The summed E-state index contributed by atoms with van der Waals surface area (Å²) in [6.45, 7) is 1.87. The van der Waals surface area contributed by atoms with Crippen LogP contribution in [0.3, 0.4) is 0 Å². The van der Waals surface area contributed by atoms with Gasteiger partial charge in [0.2, 0.25) is 0 Å². The van der Waals surface area contributed by atoms with E-state index >= 15 is 0 Å². The summed E-state index contributed by atoms with van der Waals surface area (Å²) in [6, 6.07) is 2.83. The Morgan fingerprint density at radius 2 is 1.64 bits per heavy atom. The van der Waals surface area contributed by atoms with Gasteiger partial charge in [-0.15, -0.1) is 17.0 Å². The standard InChI is InChI=1S/C13H12N4O4.BrH/c18-12-13(19)15-10-6-11(17(20)21)8(5-9(10)14-12)7-16-3-1-2-4-16;/h1-2,5-6H,3-4,7H2,(H,14,18)(H,15,19);1H. The summed E-state index contributed by atoms with van der Waals surface area (Å²) in [5.41, 5.74) is -0.545. The van der Waals surface area contributed by atoms with Gasteiger partial charge >= 0.3 is 11.1 Å². The van der Waals surface area contributed by atoms with Crippen molar-refractivity contribution in [1.29, 1.82) is 0 Å². The van der Waals surface area contributed by atoms with Crippen LogP contribution in [0.1, 0.15) is 5.56 Å². The highest BCUT2D eigenvalue weighted by molar-refractivity contribution is 8.93. The van der Waals surface area contributed by atoms with Gasteiger partial charge < -0.3 is 9.97 Å². The Morgan fingerprint density at radius 3 is 2.18 bits per heavy atom. The third kappa shape index (κ3) is 3.00. The Balaban J connectivity index is 0.00000176. The van der Waals surface area contributed by atoms with E-state index in [9.17, 15) is 19.7 Å². The topological polar surface area (TPSA) is 112 Å². The Kier molecular flexibility index (Phi) is 4.57. The highest BCUT2D eigenvalue weighted by Gasteiger charge is 2.19. The molecule has 2 aromatic rings. The number of hydrogen-bond donors (Lipinski definition) is 2. The molecular formula is C13H13BrN4O4. The number of nitro groups is 1. The van der Waals surface area contributed by atoms with Gasteiger partial charge in [-0.05, 0) is 6.07 Å². The molecule has 22 heavy (non-hydrogen) atoms. The fraction of sp³-hybridized carbons (Fsp3) is 0.231. The Hall–Kier alpha value is -2.26. The van der Waals surface area contributed by atoms with Gasteiger partial charge in [0.25, 0.3) is 5.69 Å². The molecule has 0 aliphatic carbocycles. The molecule has 2 N–H and O–H groups in total. The summed E-state index contributed by atoms with van der Waals surface area (Å²) in [5.74, 6) is 0. The van der Waals surface area contributed by atoms with Crippen LogP contribution < -0.4 is 11.1 Å². The van der Waals surface area contributed by atoms with Gasteiger partial charge in [-0.25, -0.2) is 0 Å². The van der Waals surface area contributed by atoms with Crippen LogP contribution in [0.5, 0.6) is 0 Å². The lowest BCUT2D eigenvalue weighted by Gasteiger charge is -2.15. The average Bonchev–Trinajstić information content (AvgIpc) is 2.92. The molecule has 0 unspecified atom stereocenters. The van der Waals surface area contributed by atoms with Crippen LogP contribution in [-0.2, 0) is 6.54 Å². The molecule has 0 spiro atoms. The van der Waals surface area contributed by atoms with Gasteiger partial charge in [-0.1, -0.05) is 12.2 Å². The average molecular weight is 369 g/mol. The Labute approximate surface area is 134 Å². The summed E-state index contributed by atoms with van der Waals surface area (Å²) in [7, 11) is 0. The maximum atomic E-state index is 11.4. The van der Waals surface area contributed by atoms with Crippen molar-refractivity contribution in [3.63, 3.8) is 0 Å². The molecule has 0 atom stereocenters. The number of nitro benzene ring substituents is 1. The lowest BCUT2D eigenvalue weighted by molar-refractivity contribution is -0.385. The van der Waals surface area contributed by atoms with E-state index in [0.717, 1.165) is 13.1 Å². The van der Waals surface area contributed by atoms with Gasteiger partial charge in [0, 0.05) is 31.3 Å². The van der Waals surface area contributed by atoms with E-state index in [2.05, 4.69) is 9.97 Å². The van der Waals surface area contributed by atoms with E-state index in [1.807, 2.05) is 17.1 Å². The minimum atomic E-state index is -0.826. The molecular weight excluding hydrogens is 356 g/mol. The molecule has 8 nitrogen and oxygen atoms in total. The zero-order chi connectivity index (χ0) is 15.0. The van der Waals surface area contributed by atoms with Gasteiger partial charge in [0.05, 0.1) is 16.0 Å². The number of aromatic nitrogens is 2. The number of fused-ring (bicyclic) bond motifs is 1. The van der Waals surface area contributed by atoms with Crippen LogP contribution in [0, 0.1) is 10.1 Å². The number of H-pyrrole nitrogens is 2. The van der Waals surface area contributed by atoms with Crippen molar-refractivity contribution in [2.24, 2.45) is 0 Å². The smallest absolute Gasteiger partial charge is 0.314 e. The molecule has 0 fully saturated rings. The highest BCUT2D eigenvalue weighted by Crippen LogP contribution is 2.24. The molecule has 2 heterocycles. The lowest BCUT2D eigenvalue weighted by Crippen LogP contribution is -2.29. The van der Waals surface area contributed by atoms with Crippen LogP contribution in [0.4, 0.5) is 5.69 Å². The summed E-state index contributed by atoms with van der Waals surface area (Å²) >= 11 is 0. The largest absolute Gasteiger partial charge is 0.316 e. The van der Waals surface area contributed by atoms with E-state index < -0.39 is 16.0 Å². The molecule has 9 heteroatoms. The van der Waals surface area contributed by atoms with Gasteiger partial charge in [-0.3, -0.25) is 24.6 Å². The normalized spacial score (nSPS) is 14.2. The van der Waals surface area contributed by atoms with E-state index in [4.69, 9.17) is 0 Å². The van der Waals surface area contributed by atoms with Gasteiger partial charge in [-0.2, -0.15) is 0 Å². The molecule has 0 amide bonds. The molecule has 0 saturated heterocycles. The third-order valence-corrected chi connectivity index (χ3v) is 3.41. The molecule has 1 aliphatic heterocycles. The number of nitrogens with zero attached hydrogens (tertiary/aromatic N) is 2. The second-order valence-electron chi connectivity index (χ2n) is 4.86. The monoisotopic (exact) mass is 368 g/mol. The van der Waals surface area contributed by atoms with Crippen molar-refractivity contribution in [3.8, 4) is 0 Å². The Bertz CT molecular complexity index is 862. The highest BCUT2D eigenvalue weighted by atomic mass is 79.9. The molecule has 116 valence electrons. The number of hydrogen-bond acceptors (Lipinski definition) is 5. The van der Waals surface area contributed by atoms with Crippen LogP contribution in [0.2, 0.25) is 0 Å². The first-order chi connectivity index (χ1) is 10.0. The van der Waals surface area contributed by atoms with E-state index in [1.54, 1.807) is 6.07 Å². The second-order valence-corrected chi connectivity index (χ2v) is 4.86.